The largest absolute Gasteiger partial charge is 0.461 e. The number of pyridine rings is 1. The van der Waals surface area contributed by atoms with Crippen LogP contribution in [0.3, 0.4) is 0 Å². The van der Waals surface area contributed by atoms with Crippen molar-refractivity contribution in [3.05, 3.63) is 52.3 Å². The Bertz CT molecular complexity index is 1010. The van der Waals surface area contributed by atoms with Crippen molar-refractivity contribution in [2.75, 3.05) is 20.6 Å². The lowest BCUT2D eigenvalue weighted by atomic mass is 9.99. The summed E-state index contributed by atoms with van der Waals surface area (Å²) in [4.78, 5) is 31.2. The molecule has 0 amide bonds. The molecule has 0 saturated heterocycles. The van der Waals surface area contributed by atoms with E-state index in [1.54, 1.807) is 43.5 Å². The smallest absolute Gasteiger partial charge is 0.313 e. The Morgan fingerprint density at radius 3 is 2.73 bits per heavy atom. The summed E-state index contributed by atoms with van der Waals surface area (Å²) >= 11 is 0. The fourth-order valence-electron chi connectivity index (χ4n) is 2.97. The van der Waals surface area contributed by atoms with Crippen LogP contribution < -0.4 is 5.43 Å². The molecule has 136 valence electrons. The molecule has 0 N–H and O–H groups in total. The number of benzene rings is 1. The molecule has 2 atom stereocenters. The summed E-state index contributed by atoms with van der Waals surface area (Å²) in [6.07, 6.45) is 1.37. The molecule has 0 aliphatic rings. The van der Waals surface area contributed by atoms with Gasteiger partial charge in [-0.3, -0.25) is 9.59 Å². The molecule has 2 unspecified atom stereocenters. The molecule has 1 aromatic carbocycles. The average Bonchev–Trinajstić information content (AvgIpc) is 2.60. The summed E-state index contributed by atoms with van der Waals surface area (Å²) in [6.45, 7) is 4.29. The molecule has 0 saturated carbocycles. The lowest BCUT2D eigenvalue weighted by Gasteiger charge is -2.20. The summed E-state index contributed by atoms with van der Waals surface area (Å²) in [5, 5.41) is 0.857. The molecule has 3 aromatic rings. The normalized spacial score (nSPS) is 13.9. The molecule has 0 radical (unpaired) electrons. The van der Waals surface area contributed by atoms with Gasteiger partial charge in [-0.05, 0) is 57.8 Å². The number of esters is 1. The number of carbonyl (C=O) groups excluding carboxylic acids is 1. The van der Waals surface area contributed by atoms with Crippen molar-refractivity contribution in [3.8, 4) is 0 Å². The van der Waals surface area contributed by atoms with Crippen LogP contribution >= 0.6 is 0 Å². The topological polar surface area (TPSA) is 72.6 Å². The monoisotopic (exact) mass is 354 g/mol. The zero-order valence-corrected chi connectivity index (χ0v) is 15.4. The Hall–Kier alpha value is -2.73. The molecule has 0 spiro atoms. The second-order valence-corrected chi connectivity index (χ2v) is 6.77. The number of carbonyl (C=O) groups is 1. The number of likely N-dealkylation sites (N-methyl/N-ethyl adjacent to an activating group) is 1. The van der Waals surface area contributed by atoms with Crippen LogP contribution in [0.25, 0.3) is 22.1 Å². The number of ether oxygens (including phenoxy) is 1. The fourth-order valence-corrected chi connectivity index (χ4v) is 2.97. The van der Waals surface area contributed by atoms with Gasteiger partial charge >= 0.3 is 5.97 Å². The molecule has 6 heteroatoms. The van der Waals surface area contributed by atoms with E-state index in [4.69, 9.17) is 9.15 Å². The first-order chi connectivity index (χ1) is 12.4. The molecule has 2 aromatic heterocycles. The zero-order valence-electron chi connectivity index (χ0n) is 15.4. The first-order valence-corrected chi connectivity index (χ1v) is 8.53. The van der Waals surface area contributed by atoms with Crippen molar-refractivity contribution in [1.29, 1.82) is 0 Å². The average molecular weight is 354 g/mol. The maximum atomic E-state index is 12.7. The molecule has 2 heterocycles. The van der Waals surface area contributed by atoms with Gasteiger partial charge in [0.05, 0.1) is 16.7 Å². The van der Waals surface area contributed by atoms with E-state index in [2.05, 4.69) is 4.98 Å². The second kappa shape index (κ2) is 7.25. The van der Waals surface area contributed by atoms with Gasteiger partial charge in [-0.15, -0.1) is 0 Å². The SMILES string of the molecule is CC(CN(C)C)OC(=O)C(C)c1ccc2oc3ncccc3c(=O)c2c1. The van der Waals surface area contributed by atoms with Crippen LogP contribution in [-0.2, 0) is 9.53 Å². The minimum absolute atomic E-state index is 0.155. The minimum Gasteiger partial charge on any atom is -0.461 e. The lowest BCUT2D eigenvalue weighted by Crippen LogP contribution is -2.29. The molecule has 0 bridgehead atoms. The summed E-state index contributed by atoms with van der Waals surface area (Å²) in [5.41, 5.74) is 1.32. The van der Waals surface area contributed by atoms with Gasteiger partial charge in [-0.1, -0.05) is 6.07 Å². The Kier molecular flexibility index (Phi) is 5.04. The van der Waals surface area contributed by atoms with Crippen molar-refractivity contribution < 1.29 is 13.9 Å². The number of rotatable bonds is 5. The first-order valence-electron chi connectivity index (χ1n) is 8.53. The van der Waals surface area contributed by atoms with Crippen LogP contribution in [0.1, 0.15) is 25.3 Å². The van der Waals surface area contributed by atoms with E-state index in [0.29, 0.717) is 28.6 Å². The molecule has 3 rings (SSSR count). The maximum absolute atomic E-state index is 12.7. The summed E-state index contributed by atoms with van der Waals surface area (Å²) in [7, 11) is 3.85. The molecule has 0 aliphatic carbocycles. The van der Waals surface area contributed by atoms with Crippen molar-refractivity contribution in [2.24, 2.45) is 0 Å². The predicted molar refractivity (Wildman–Crippen MR) is 100 cm³/mol. The minimum atomic E-state index is -0.479. The van der Waals surface area contributed by atoms with E-state index in [0.717, 1.165) is 5.56 Å². The Morgan fingerprint density at radius 2 is 2.00 bits per heavy atom. The highest BCUT2D eigenvalue weighted by Gasteiger charge is 2.21. The van der Waals surface area contributed by atoms with Crippen LogP contribution in [0.15, 0.2) is 45.7 Å². The van der Waals surface area contributed by atoms with Gasteiger partial charge in [0, 0.05) is 12.7 Å². The van der Waals surface area contributed by atoms with Crippen LogP contribution in [0, 0.1) is 0 Å². The third kappa shape index (κ3) is 3.60. The van der Waals surface area contributed by atoms with Gasteiger partial charge in [-0.25, -0.2) is 4.98 Å². The van der Waals surface area contributed by atoms with E-state index in [1.165, 1.54) is 0 Å². The molecule has 0 fully saturated rings. The molecule has 0 aliphatic heterocycles. The van der Waals surface area contributed by atoms with Crippen molar-refractivity contribution >= 4 is 28.0 Å². The number of hydrogen-bond acceptors (Lipinski definition) is 6. The van der Waals surface area contributed by atoms with Gasteiger partial charge in [0.15, 0.2) is 0 Å². The van der Waals surface area contributed by atoms with E-state index in [1.807, 2.05) is 25.9 Å². The quantitative estimate of drug-likeness (QED) is 0.518. The van der Waals surface area contributed by atoms with Crippen molar-refractivity contribution in [3.63, 3.8) is 0 Å². The fraction of sp³-hybridized carbons (Fsp3) is 0.350. The molecule has 6 nitrogen and oxygen atoms in total. The standard InChI is InChI=1S/C20H22N2O4/c1-12(11-22(3)4)25-20(24)13(2)14-7-8-17-16(10-14)18(23)15-6-5-9-21-19(15)26-17/h5-10,12-13H,11H2,1-4H3. The lowest BCUT2D eigenvalue weighted by molar-refractivity contribution is -0.150. The highest BCUT2D eigenvalue weighted by molar-refractivity contribution is 5.89. The Morgan fingerprint density at radius 1 is 1.23 bits per heavy atom. The summed E-state index contributed by atoms with van der Waals surface area (Å²) in [5.74, 6) is -0.793. The number of hydrogen-bond donors (Lipinski definition) is 0. The number of nitrogens with zero attached hydrogens (tertiary/aromatic N) is 2. The third-order valence-corrected chi connectivity index (χ3v) is 4.26. The van der Waals surface area contributed by atoms with Crippen LogP contribution in [0.4, 0.5) is 0 Å². The highest BCUT2D eigenvalue weighted by Crippen LogP contribution is 2.23. The zero-order chi connectivity index (χ0) is 18.8. The summed E-state index contributed by atoms with van der Waals surface area (Å²) < 4.78 is 11.2. The first kappa shape index (κ1) is 18.1. The van der Waals surface area contributed by atoms with Gasteiger partial charge in [0.1, 0.15) is 11.7 Å². The van der Waals surface area contributed by atoms with E-state index >= 15 is 0 Å². The van der Waals surface area contributed by atoms with Crippen molar-refractivity contribution in [2.45, 2.75) is 25.9 Å². The molecular formula is C20H22N2O4. The maximum Gasteiger partial charge on any atom is 0.313 e. The van der Waals surface area contributed by atoms with E-state index in [-0.39, 0.29) is 17.5 Å². The summed E-state index contributed by atoms with van der Waals surface area (Å²) in [6, 6.07) is 8.56. The Balaban J connectivity index is 1.93. The molecular weight excluding hydrogens is 332 g/mol. The number of fused-ring (bicyclic) bond motifs is 2. The van der Waals surface area contributed by atoms with E-state index in [9.17, 15) is 9.59 Å². The predicted octanol–water partition coefficient (Wildman–Crippen LogP) is 2.94. The Labute approximate surface area is 151 Å². The van der Waals surface area contributed by atoms with Crippen LogP contribution in [0.2, 0.25) is 0 Å². The van der Waals surface area contributed by atoms with E-state index < -0.39 is 5.92 Å². The second-order valence-electron chi connectivity index (χ2n) is 6.77. The number of aromatic nitrogens is 1. The van der Waals surface area contributed by atoms with Crippen LogP contribution in [-0.4, -0.2) is 42.6 Å². The molecule has 26 heavy (non-hydrogen) atoms. The van der Waals surface area contributed by atoms with Crippen LogP contribution in [0.5, 0.6) is 0 Å². The third-order valence-electron chi connectivity index (χ3n) is 4.26. The van der Waals surface area contributed by atoms with Gasteiger partial charge in [0.2, 0.25) is 11.1 Å². The van der Waals surface area contributed by atoms with Gasteiger partial charge < -0.3 is 14.1 Å². The highest BCUT2D eigenvalue weighted by atomic mass is 16.5. The van der Waals surface area contributed by atoms with Gasteiger partial charge in [0.25, 0.3) is 0 Å². The van der Waals surface area contributed by atoms with Gasteiger partial charge in [-0.2, -0.15) is 0 Å². The van der Waals surface area contributed by atoms with Crippen molar-refractivity contribution in [1.82, 2.24) is 9.88 Å².